The first-order valence-electron chi connectivity index (χ1n) is 7.53. The molecule has 0 atom stereocenters. The minimum atomic E-state index is -0.691. The monoisotopic (exact) mass is 286 g/mol. The highest BCUT2D eigenvalue weighted by Gasteiger charge is 1.96. The van der Waals surface area contributed by atoms with Gasteiger partial charge in [-0.05, 0) is 42.7 Å². The van der Waals surface area contributed by atoms with E-state index in [9.17, 15) is 4.79 Å². The highest BCUT2D eigenvalue weighted by Crippen LogP contribution is 2.09. The van der Waals surface area contributed by atoms with Gasteiger partial charge < -0.3 is 9.52 Å². The summed E-state index contributed by atoms with van der Waals surface area (Å²) in [6.07, 6.45) is 10.4. The van der Waals surface area contributed by atoms with Crippen LogP contribution in [-0.4, -0.2) is 11.1 Å². The number of hydrogen-bond donors (Lipinski definition) is 1. The van der Waals surface area contributed by atoms with Crippen LogP contribution in [0.2, 0.25) is 0 Å². The number of rotatable bonds is 9. The summed E-state index contributed by atoms with van der Waals surface area (Å²) in [6, 6.07) is 3.62. The van der Waals surface area contributed by atoms with E-state index in [1.165, 1.54) is 19.3 Å². The lowest BCUT2D eigenvalue weighted by Crippen LogP contribution is -1.93. The molecule has 0 spiro atoms. The fraction of sp³-hybridized carbons (Fsp3) is 0.500. The van der Waals surface area contributed by atoms with Crippen molar-refractivity contribution in [2.75, 3.05) is 0 Å². The summed E-state index contributed by atoms with van der Waals surface area (Å²) in [7, 11) is 0. The number of hydrogen-bond acceptors (Lipinski definition) is 2. The standard InChI is InChI=1S/C18H22O3/c19-18(20)15-11-9-7-5-3-1-2-4-6-8-10-13-17-14-12-16-21-17/h12,14,16H,1-5,7,9,11,15H2,(H,19,20). The summed E-state index contributed by atoms with van der Waals surface area (Å²) >= 11 is 0. The summed E-state index contributed by atoms with van der Waals surface area (Å²) in [4.78, 5) is 10.3. The van der Waals surface area contributed by atoms with Gasteiger partial charge in [-0.25, -0.2) is 0 Å². The topological polar surface area (TPSA) is 50.4 Å². The van der Waals surface area contributed by atoms with E-state index < -0.39 is 5.97 Å². The minimum absolute atomic E-state index is 0.300. The molecule has 1 heterocycles. The van der Waals surface area contributed by atoms with Crippen LogP contribution in [-0.2, 0) is 4.79 Å². The molecule has 1 aromatic heterocycles. The Bertz CT molecular complexity index is 506. The van der Waals surface area contributed by atoms with Gasteiger partial charge in [0.15, 0.2) is 5.76 Å². The van der Waals surface area contributed by atoms with Gasteiger partial charge in [-0.2, -0.15) is 0 Å². The second kappa shape index (κ2) is 11.7. The van der Waals surface area contributed by atoms with E-state index in [1.807, 2.05) is 6.07 Å². The van der Waals surface area contributed by atoms with Crippen LogP contribution < -0.4 is 0 Å². The van der Waals surface area contributed by atoms with Crippen LogP contribution in [0, 0.1) is 23.7 Å². The van der Waals surface area contributed by atoms with Crippen molar-refractivity contribution >= 4 is 5.97 Å². The van der Waals surface area contributed by atoms with Crippen molar-refractivity contribution in [1.29, 1.82) is 0 Å². The van der Waals surface area contributed by atoms with Gasteiger partial charge in [-0.15, -0.1) is 0 Å². The number of furan rings is 1. The zero-order valence-corrected chi connectivity index (χ0v) is 12.4. The molecule has 21 heavy (non-hydrogen) atoms. The maximum atomic E-state index is 10.3. The summed E-state index contributed by atoms with van der Waals surface area (Å²) in [5, 5.41) is 8.50. The van der Waals surface area contributed by atoms with Crippen LogP contribution >= 0.6 is 0 Å². The average Bonchev–Trinajstić information content (AvgIpc) is 2.97. The first-order chi connectivity index (χ1) is 10.3. The number of unbranched alkanes of at least 4 members (excludes halogenated alkanes) is 7. The fourth-order valence-electron chi connectivity index (χ4n) is 1.92. The molecule has 0 saturated heterocycles. The Hall–Kier alpha value is -2.13. The van der Waals surface area contributed by atoms with Crippen molar-refractivity contribution in [2.24, 2.45) is 0 Å². The predicted molar refractivity (Wildman–Crippen MR) is 82.6 cm³/mol. The first kappa shape index (κ1) is 16.9. The second-order valence-electron chi connectivity index (χ2n) is 4.90. The molecule has 3 nitrogen and oxygen atoms in total. The third-order valence-corrected chi connectivity index (χ3v) is 3.05. The Kier molecular flexibility index (Phi) is 9.41. The van der Waals surface area contributed by atoms with E-state index in [4.69, 9.17) is 9.52 Å². The van der Waals surface area contributed by atoms with E-state index >= 15 is 0 Å². The van der Waals surface area contributed by atoms with Crippen molar-refractivity contribution < 1.29 is 14.3 Å². The molecule has 1 rings (SSSR count). The van der Waals surface area contributed by atoms with Gasteiger partial charge in [0.05, 0.1) is 6.26 Å². The lowest BCUT2D eigenvalue weighted by Gasteiger charge is -1.99. The number of aliphatic carboxylic acids is 1. The lowest BCUT2D eigenvalue weighted by atomic mass is 10.1. The molecule has 0 aliphatic rings. The van der Waals surface area contributed by atoms with Gasteiger partial charge in [0.1, 0.15) is 0 Å². The molecule has 0 fully saturated rings. The summed E-state index contributed by atoms with van der Waals surface area (Å²) in [6.45, 7) is 0. The van der Waals surface area contributed by atoms with Crippen LogP contribution in [0.3, 0.4) is 0 Å². The molecule has 0 aromatic carbocycles. The quantitative estimate of drug-likeness (QED) is 0.546. The highest BCUT2D eigenvalue weighted by molar-refractivity contribution is 5.66. The Morgan fingerprint density at radius 3 is 2.43 bits per heavy atom. The Morgan fingerprint density at radius 1 is 1.05 bits per heavy atom. The molecule has 0 radical (unpaired) electrons. The van der Waals surface area contributed by atoms with Crippen LogP contribution in [0.4, 0.5) is 0 Å². The summed E-state index contributed by atoms with van der Waals surface area (Å²) < 4.78 is 5.07. The van der Waals surface area contributed by atoms with E-state index in [-0.39, 0.29) is 0 Å². The van der Waals surface area contributed by atoms with Crippen LogP contribution in [0.15, 0.2) is 22.8 Å². The maximum absolute atomic E-state index is 10.3. The normalized spacial score (nSPS) is 9.33. The largest absolute Gasteiger partial charge is 0.481 e. The SMILES string of the molecule is O=C(O)CCCCCCCCCC#CC#Cc1ccco1. The summed E-state index contributed by atoms with van der Waals surface area (Å²) in [5.74, 6) is 11.4. The van der Waals surface area contributed by atoms with E-state index in [0.29, 0.717) is 12.2 Å². The smallest absolute Gasteiger partial charge is 0.303 e. The molecule has 0 aliphatic heterocycles. The van der Waals surface area contributed by atoms with Gasteiger partial charge in [0.25, 0.3) is 0 Å². The predicted octanol–water partition coefficient (Wildman–Crippen LogP) is 4.23. The van der Waals surface area contributed by atoms with Crippen molar-refractivity contribution in [2.45, 2.75) is 57.8 Å². The molecule has 0 saturated carbocycles. The second-order valence-corrected chi connectivity index (χ2v) is 4.90. The van der Waals surface area contributed by atoms with E-state index in [0.717, 1.165) is 32.1 Å². The molecule has 3 heteroatoms. The van der Waals surface area contributed by atoms with E-state index in [1.54, 1.807) is 12.3 Å². The fourth-order valence-corrected chi connectivity index (χ4v) is 1.92. The van der Waals surface area contributed by atoms with Gasteiger partial charge >= 0.3 is 5.97 Å². The van der Waals surface area contributed by atoms with Crippen molar-refractivity contribution in [3.8, 4) is 23.7 Å². The summed E-state index contributed by atoms with van der Waals surface area (Å²) in [5.41, 5.74) is 0. The van der Waals surface area contributed by atoms with Crippen molar-refractivity contribution in [3.63, 3.8) is 0 Å². The third kappa shape index (κ3) is 10.3. The first-order valence-corrected chi connectivity index (χ1v) is 7.53. The van der Waals surface area contributed by atoms with E-state index in [2.05, 4.69) is 23.7 Å². The lowest BCUT2D eigenvalue weighted by molar-refractivity contribution is -0.137. The Balaban J connectivity index is 1.90. The average molecular weight is 286 g/mol. The molecule has 0 amide bonds. The molecule has 0 unspecified atom stereocenters. The molecule has 112 valence electrons. The van der Waals surface area contributed by atoms with Gasteiger partial charge in [0, 0.05) is 12.8 Å². The number of carbonyl (C=O) groups is 1. The molecule has 0 aliphatic carbocycles. The zero-order chi connectivity index (χ0) is 15.2. The van der Waals surface area contributed by atoms with Crippen molar-refractivity contribution in [3.05, 3.63) is 24.2 Å². The van der Waals surface area contributed by atoms with Crippen LogP contribution in [0.25, 0.3) is 0 Å². The Morgan fingerprint density at radius 2 is 1.76 bits per heavy atom. The van der Waals surface area contributed by atoms with Crippen molar-refractivity contribution in [1.82, 2.24) is 0 Å². The van der Waals surface area contributed by atoms with Crippen LogP contribution in [0.5, 0.6) is 0 Å². The number of carboxylic acids is 1. The molecular formula is C18H22O3. The number of carboxylic acid groups (broad SMARTS) is 1. The van der Waals surface area contributed by atoms with Gasteiger partial charge in [0.2, 0.25) is 0 Å². The molecule has 0 bridgehead atoms. The van der Waals surface area contributed by atoms with Gasteiger partial charge in [-0.3, -0.25) is 4.79 Å². The van der Waals surface area contributed by atoms with Gasteiger partial charge in [-0.1, -0.05) is 38.0 Å². The minimum Gasteiger partial charge on any atom is -0.481 e. The Labute approximate surface area is 126 Å². The molecular weight excluding hydrogens is 264 g/mol. The maximum Gasteiger partial charge on any atom is 0.303 e. The van der Waals surface area contributed by atoms with Crippen LogP contribution in [0.1, 0.15) is 63.5 Å². The molecule has 1 aromatic rings. The third-order valence-electron chi connectivity index (χ3n) is 3.05. The molecule has 1 N–H and O–H groups in total. The zero-order valence-electron chi connectivity index (χ0n) is 12.4. The highest BCUT2D eigenvalue weighted by atomic mass is 16.4.